The summed E-state index contributed by atoms with van der Waals surface area (Å²) >= 11 is 11.9. The van der Waals surface area contributed by atoms with Crippen LogP contribution >= 0.6 is 23.8 Å². The summed E-state index contributed by atoms with van der Waals surface area (Å²) in [6, 6.07) is 16.0. The Bertz CT molecular complexity index is 1190. The zero-order valence-corrected chi connectivity index (χ0v) is 18.6. The van der Waals surface area contributed by atoms with E-state index in [2.05, 4.69) is 27.1 Å². The number of nitrogens with zero attached hydrogens (tertiary/aromatic N) is 2. The normalized spacial score (nSPS) is 10.9. The van der Waals surface area contributed by atoms with Gasteiger partial charge in [0.1, 0.15) is 5.82 Å². The van der Waals surface area contributed by atoms with Gasteiger partial charge >= 0.3 is 0 Å². The summed E-state index contributed by atoms with van der Waals surface area (Å²) in [5, 5.41) is 5.64. The zero-order chi connectivity index (χ0) is 21.8. The first kappa shape index (κ1) is 21.3. The van der Waals surface area contributed by atoms with E-state index in [-0.39, 0.29) is 5.82 Å². The Morgan fingerprint density at radius 2 is 2.00 bits per heavy atom. The molecule has 4 aromatic rings. The number of fused-ring (bicyclic) bond motifs is 1. The standard InChI is InChI=1S/C24H22ClFN4S/c1-16-21(22-13-18(25)4-9-23(22)28-16)10-12-30(15-17-3-2-11-27-14-17)24(31)29-20-7-5-19(26)6-8-20/h2-9,11,13-14,28H,10,12,15H2,1H3,(H,29,31). The van der Waals surface area contributed by atoms with E-state index in [0.29, 0.717) is 23.2 Å². The molecule has 0 saturated heterocycles. The molecule has 31 heavy (non-hydrogen) atoms. The minimum Gasteiger partial charge on any atom is -0.358 e. The molecule has 2 heterocycles. The predicted molar refractivity (Wildman–Crippen MR) is 129 cm³/mol. The summed E-state index contributed by atoms with van der Waals surface area (Å²) in [4.78, 5) is 9.74. The minimum atomic E-state index is -0.280. The third-order valence-corrected chi connectivity index (χ3v) is 5.79. The summed E-state index contributed by atoms with van der Waals surface area (Å²) in [6.07, 6.45) is 4.38. The van der Waals surface area contributed by atoms with Crippen LogP contribution in [0.2, 0.25) is 5.02 Å². The largest absolute Gasteiger partial charge is 0.358 e. The molecule has 0 aliphatic carbocycles. The first-order chi connectivity index (χ1) is 15.0. The predicted octanol–water partition coefficient (Wildman–Crippen LogP) is 6.11. The minimum absolute atomic E-state index is 0.280. The number of aromatic nitrogens is 2. The highest BCUT2D eigenvalue weighted by Crippen LogP contribution is 2.26. The Morgan fingerprint density at radius 1 is 1.19 bits per heavy atom. The van der Waals surface area contributed by atoms with E-state index in [0.717, 1.165) is 34.3 Å². The van der Waals surface area contributed by atoms with Crippen LogP contribution in [0.25, 0.3) is 10.9 Å². The van der Waals surface area contributed by atoms with Gasteiger partial charge in [0.25, 0.3) is 0 Å². The van der Waals surface area contributed by atoms with Crippen molar-refractivity contribution in [2.75, 3.05) is 11.9 Å². The lowest BCUT2D eigenvalue weighted by Gasteiger charge is -2.26. The molecule has 0 spiro atoms. The Morgan fingerprint density at radius 3 is 2.74 bits per heavy atom. The van der Waals surface area contributed by atoms with Crippen LogP contribution < -0.4 is 5.32 Å². The molecule has 0 radical (unpaired) electrons. The zero-order valence-electron chi connectivity index (χ0n) is 17.0. The smallest absolute Gasteiger partial charge is 0.173 e. The van der Waals surface area contributed by atoms with Gasteiger partial charge in [0.2, 0.25) is 0 Å². The lowest BCUT2D eigenvalue weighted by atomic mass is 10.1. The highest BCUT2D eigenvalue weighted by molar-refractivity contribution is 7.80. The molecular formula is C24H22ClFN4S. The van der Waals surface area contributed by atoms with Gasteiger partial charge < -0.3 is 15.2 Å². The molecule has 0 fully saturated rings. The molecule has 158 valence electrons. The number of pyridine rings is 1. The number of benzene rings is 2. The maximum atomic E-state index is 13.3. The SMILES string of the molecule is Cc1[nH]c2ccc(Cl)cc2c1CCN(Cc1cccnc1)C(=S)Nc1ccc(F)cc1. The maximum Gasteiger partial charge on any atom is 0.173 e. The van der Waals surface area contributed by atoms with Crippen LogP contribution in [0.4, 0.5) is 10.1 Å². The number of anilines is 1. The molecular weight excluding hydrogens is 431 g/mol. The maximum absolute atomic E-state index is 13.3. The highest BCUT2D eigenvalue weighted by Gasteiger charge is 2.15. The molecule has 0 amide bonds. The highest BCUT2D eigenvalue weighted by atomic mass is 35.5. The molecule has 4 rings (SSSR count). The number of H-pyrrole nitrogens is 1. The molecule has 0 unspecified atom stereocenters. The van der Waals surface area contributed by atoms with E-state index in [1.165, 1.54) is 17.7 Å². The van der Waals surface area contributed by atoms with Crippen molar-refractivity contribution in [1.29, 1.82) is 0 Å². The summed E-state index contributed by atoms with van der Waals surface area (Å²) in [6.45, 7) is 3.38. The van der Waals surface area contributed by atoms with Gasteiger partial charge in [-0.05, 0) is 85.2 Å². The van der Waals surface area contributed by atoms with Crippen LogP contribution in [0, 0.1) is 12.7 Å². The van der Waals surface area contributed by atoms with Crippen molar-refractivity contribution in [2.45, 2.75) is 19.9 Å². The van der Waals surface area contributed by atoms with E-state index in [4.69, 9.17) is 23.8 Å². The first-order valence-corrected chi connectivity index (χ1v) is 10.8. The van der Waals surface area contributed by atoms with Crippen LogP contribution in [-0.4, -0.2) is 26.5 Å². The summed E-state index contributed by atoms with van der Waals surface area (Å²) in [5.41, 5.74) is 5.22. The Hall–Kier alpha value is -2.96. The van der Waals surface area contributed by atoms with Crippen LogP contribution in [0.3, 0.4) is 0 Å². The molecule has 2 aromatic heterocycles. The van der Waals surface area contributed by atoms with Crippen molar-refractivity contribution in [3.63, 3.8) is 0 Å². The third-order valence-electron chi connectivity index (χ3n) is 5.19. The van der Waals surface area contributed by atoms with Crippen LogP contribution in [0.1, 0.15) is 16.8 Å². The molecule has 0 aliphatic rings. The number of aryl methyl sites for hydroxylation is 1. The Kier molecular flexibility index (Phi) is 6.49. The second kappa shape index (κ2) is 9.45. The molecule has 7 heteroatoms. The fourth-order valence-electron chi connectivity index (χ4n) is 3.62. The number of nitrogens with one attached hydrogen (secondary N) is 2. The van der Waals surface area contributed by atoms with Gasteiger partial charge in [-0.1, -0.05) is 17.7 Å². The lowest BCUT2D eigenvalue weighted by molar-refractivity contribution is 0.422. The van der Waals surface area contributed by atoms with Crippen molar-refractivity contribution in [3.8, 4) is 0 Å². The van der Waals surface area contributed by atoms with Crippen LogP contribution in [0.5, 0.6) is 0 Å². The van der Waals surface area contributed by atoms with E-state index >= 15 is 0 Å². The number of hydrogen-bond donors (Lipinski definition) is 2. The van der Waals surface area contributed by atoms with E-state index in [1.807, 2.05) is 36.5 Å². The topological polar surface area (TPSA) is 44.0 Å². The molecule has 0 aliphatic heterocycles. The molecule has 0 saturated carbocycles. The van der Waals surface area contributed by atoms with Crippen molar-refractivity contribution in [2.24, 2.45) is 0 Å². The van der Waals surface area contributed by atoms with Crippen molar-refractivity contribution < 1.29 is 4.39 Å². The second-order valence-corrected chi connectivity index (χ2v) is 8.21. The van der Waals surface area contributed by atoms with Crippen LogP contribution in [-0.2, 0) is 13.0 Å². The monoisotopic (exact) mass is 452 g/mol. The van der Waals surface area contributed by atoms with Gasteiger partial charge in [-0.15, -0.1) is 0 Å². The number of hydrogen-bond acceptors (Lipinski definition) is 2. The van der Waals surface area contributed by atoms with E-state index in [9.17, 15) is 4.39 Å². The quantitative estimate of drug-likeness (QED) is 0.346. The van der Waals surface area contributed by atoms with Gasteiger partial charge in [0.05, 0.1) is 0 Å². The van der Waals surface area contributed by atoms with Crippen molar-refractivity contribution in [1.82, 2.24) is 14.9 Å². The Labute approximate surface area is 191 Å². The van der Waals surface area contributed by atoms with Gasteiger partial charge in [0.15, 0.2) is 5.11 Å². The number of rotatable bonds is 6. The first-order valence-electron chi connectivity index (χ1n) is 9.97. The summed E-state index contributed by atoms with van der Waals surface area (Å²) in [7, 11) is 0. The Balaban J connectivity index is 1.55. The van der Waals surface area contributed by atoms with Gasteiger partial charge in [-0.25, -0.2) is 4.39 Å². The average Bonchev–Trinajstić information content (AvgIpc) is 3.07. The fraction of sp³-hybridized carbons (Fsp3) is 0.167. The van der Waals surface area contributed by atoms with Gasteiger partial charge in [-0.3, -0.25) is 4.98 Å². The average molecular weight is 453 g/mol. The third kappa shape index (κ3) is 5.21. The van der Waals surface area contributed by atoms with Gasteiger partial charge in [-0.2, -0.15) is 0 Å². The number of aromatic amines is 1. The van der Waals surface area contributed by atoms with Crippen molar-refractivity contribution >= 4 is 45.5 Å². The van der Waals surface area contributed by atoms with E-state index in [1.54, 1.807) is 18.3 Å². The van der Waals surface area contributed by atoms with Gasteiger partial charge in [0, 0.05) is 52.8 Å². The van der Waals surface area contributed by atoms with E-state index < -0.39 is 0 Å². The number of halogens is 2. The van der Waals surface area contributed by atoms with Crippen molar-refractivity contribution in [3.05, 3.63) is 94.7 Å². The second-order valence-electron chi connectivity index (χ2n) is 7.39. The molecule has 0 bridgehead atoms. The summed E-state index contributed by atoms with van der Waals surface area (Å²) < 4.78 is 13.3. The van der Waals surface area contributed by atoms with Crippen LogP contribution in [0.15, 0.2) is 67.0 Å². The molecule has 2 N–H and O–H groups in total. The molecule has 2 aromatic carbocycles. The molecule has 0 atom stereocenters. The fourth-order valence-corrected chi connectivity index (χ4v) is 4.07. The summed E-state index contributed by atoms with van der Waals surface area (Å²) in [5.74, 6) is -0.280. The lowest BCUT2D eigenvalue weighted by Crippen LogP contribution is -2.36. The molecule has 4 nitrogen and oxygen atoms in total. The number of thiocarbonyl (C=S) groups is 1.